The number of hydrogen-bond donors (Lipinski definition) is 1. The number of nitrogens with two attached hydrogens (primary N) is 1. The fraction of sp³-hybridized carbons (Fsp3) is 0.923. The summed E-state index contributed by atoms with van der Waals surface area (Å²) in [7, 11) is -3.02. The van der Waals surface area contributed by atoms with E-state index < -0.39 is 15.9 Å². The van der Waals surface area contributed by atoms with Crippen molar-refractivity contribution in [2.24, 2.45) is 23.5 Å². The molecule has 4 nitrogen and oxygen atoms in total. The Hall–Kier alpha value is -0.420. The zero-order valence-corrected chi connectivity index (χ0v) is 11.8. The van der Waals surface area contributed by atoms with Crippen LogP contribution in [-0.4, -0.2) is 32.3 Å². The monoisotopic (exact) mass is 273 g/mol. The van der Waals surface area contributed by atoms with Gasteiger partial charge in [-0.25, -0.2) is 8.42 Å². The molecule has 0 aromatic rings. The van der Waals surface area contributed by atoms with Crippen molar-refractivity contribution >= 4 is 15.6 Å². The van der Waals surface area contributed by atoms with E-state index in [1.165, 1.54) is 31.9 Å². The van der Waals surface area contributed by atoms with Crippen molar-refractivity contribution < 1.29 is 13.2 Å². The van der Waals surface area contributed by atoms with E-state index in [4.69, 9.17) is 5.73 Å². The minimum atomic E-state index is -3.02. The number of carbonyl (C=O) groups is 1. The highest BCUT2D eigenvalue weighted by Gasteiger charge is 2.40. The lowest BCUT2D eigenvalue weighted by Gasteiger charge is -2.22. The fourth-order valence-corrected chi connectivity index (χ4v) is 4.22. The summed E-state index contributed by atoms with van der Waals surface area (Å²) in [6.07, 6.45) is 7.06. The predicted molar refractivity (Wildman–Crippen MR) is 70.9 cm³/mol. The van der Waals surface area contributed by atoms with Crippen LogP contribution in [0.25, 0.3) is 0 Å². The molecular formula is C13H23NO3S. The van der Waals surface area contributed by atoms with Crippen LogP contribution < -0.4 is 5.73 Å². The Balaban J connectivity index is 1.77. The van der Waals surface area contributed by atoms with Gasteiger partial charge >= 0.3 is 0 Å². The van der Waals surface area contributed by atoms with Gasteiger partial charge in [-0.05, 0) is 43.4 Å². The Morgan fingerprint density at radius 2 is 2.06 bits per heavy atom. The Morgan fingerprint density at radius 3 is 2.56 bits per heavy atom. The second-order valence-electron chi connectivity index (χ2n) is 6.13. The van der Waals surface area contributed by atoms with E-state index in [-0.39, 0.29) is 18.0 Å². The average Bonchev–Trinajstić information content (AvgIpc) is 2.86. The third-order valence-electron chi connectivity index (χ3n) is 4.56. The molecule has 0 saturated heterocycles. The van der Waals surface area contributed by atoms with Crippen LogP contribution in [0, 0.1) is 17.8 Å². The summed E-state index contributed by atoms with van der Waals surface area (Å²) in [4.78, 5) is 12.0. The Morgan fingerprint density at radius 1 is 1.33 bits per heavy atom. The molecule has 18 heavy (non-hydrogen) atoms. The van der Waals surface area contributed by atoms with Gasteiger partial charge in [-0.15, -0.1) is 0 Å². The van der Waals surface area contributed by atoms with Crippen LogP contribution in [0.5, 0.6) is 0 Å². The molecule has 2 saturated carbocycles. The minimum absolute atomic E-state index is 0.0105. The van der Waals surface area contributed by atoms with Gasteiger partial charge in [-0.2, -0.15) is 0 Å². The Labute approximate surface area is 109 Å². The van der Waals surface area contributed by atoms with Gasteiger partial charge in [-0.3, -0.25) is 4.79 Å². The van der Waals surface area contributed by atoms with Crippen LogP contribution in [0.2, 0.25) is 0 Å². The van der Waals surface area contributed by atoms with Crippen molar-refractivity contribution in [2.75, 3.05) is 12.0 Å². The molecule has 0 aromatic carbocycles. The van der Waals surface area contributed by atoms with E-state index in [9.17, 15) is 13.2 Å². The quantitative estimate of drug-likeness (QED) is 0.787. The molecule has 0 spiro atoms. The van der Waals surface area contributed by atoms with Gasteiger partial charge in [0.25, 0.3) is 0 Å². The first-order valence-corrected chi connectivity index (χ1v) is 8.87. The normalized spacial score (nSPS) is 32.7. The molecule has 0 aromatic heterocycles. The number of ketones is 1. The third kappa shape index (κ3) is 3.54. The van der Waals surface area contributed by atoms with E-state index in [0.29, 0.717) is 12.3 Å². The summed E-state index contributed by atoms with van der Waals surface area (Å²) in [5, 5.41) is 0. The third-order valence-corrected chi connectivity index (χ3v) is 5.54. The first-order chi connectivity index (χ1) is 8.35. The smallest absolute Gasteiger partial charge is 0.149 e. The molecular weight excluding hydrogens is 250 g/mol. The molecule has 2 aliphatic carbocycles. The first kappa shape index (κ1) is 14.0. The van der Waals surface area contributed by atoms with E-state index in [1.54, 1.807) is 0 Å². The number of rotatable bonds is 6. The molecule has 0 aliphatic heterocycles. The van der Waals surface area contributed by atoms with E-state index >= 15 is 0 Å². The van der Waals surface area contributed by atoms with Crippen LogP contribution in [-0.2, 0) is 14.6 Å². The fourth-order valence-electron chi connectivity index (χ4n) is 3.54. The van der Waals surface area contributed by atoms with Crippen molar-refractivity contribution in [3.63, 3.8) is 0 Å². The van der Waals surface area contributed by atoms with Crippen LogP contribution in [0.1, 0.15) is 38.5 Å². The van der Waals surface area contributed by atoms with Crippen LogP contribution in [0.15, 0.2) is 0 Å². The minimum Gasteiger partial charge on any atom is -0.321 e. The van der Waals surface area contributed by atoms with Crippen LogP contribution in [0.3, 0.4) is 0 Å². The van der Waals surface area contributed by atoms with Crippen LogP contribution in [0.4, 0.5) is 0 Å². The molecule has 4 atom stereocenters. The number of fused-ring (bicyclic) bond motifs is 2. The topological polar surface area (TPSA) is 77.2 Å². The lowest BCUT2D eigenvalue weighted by Crippen LogP contribution is -2.34. The number of sulfone groups is 1. The zero-order valence-electron chi connectivity index (χ0n) is 11.0. The molecule has 2 N–H and O–H groups in total. The highest BCUT2D eigenvalue weighted by molar-refractivity contribution is 7.90. The van der Waals surface area contributed by atoms with Gasteiger partial charge in [0, 0.05) is 12.7 Å². The summed E-state index contributed by atoms with van der Waals surface area (Å²) in [6, 6.07) is -0.598. The van der Waals surface area contributed by atoms with E-state index in [1.807, 2.05) is 0 Å². The maximum Gasteiger partial charge on any atom is 0.149 e. The Kier molecular flexibility index (Phi) is 4.11. The van der Waals surface area contributed by atoms with Gasteiger partial charge < -0.3 is 5.73 Å². The number of hydrogen-bond acceptors (Lipinski definition) is 4. The molecule has 5 heteroatoms. The molecule has 2 bridgehead atoms. The van der Waals surface area contributed by atoms with E-state index in [2.05, 4.69) is 0 Å². The van der Waals surface area contributed by atoms with Gasteiger partial charge in [0.1, 0.15) is 15.6 Å². The Bertz CT molecular complexity index is 418. The molecule has 0 amide bonds. The second kappa shape index (κ2) is 5.29. The molecule has 2 fully saturated rings. The first-order valence-electron chi connectivity index (χ1n) is 6.81. The predicted octanol–water partition coefficient (Wildman–Crippen LogP) is 1.14. The van der Waals surface area contributed by atoms with Crippen molar-refractivity contribution in [3.8, 4) is 0 Å². The van der Waals surface area contributed by atoms with Crippen molar-refractivity contribution in [1.29, 1.82) is 0 Å². The summed E-state index contributed by atoms with van der Waals surface area (Å²) < 4.78 is 22.1. The SMILES string of the molecule is CS(=O)(=O)CCC(N)C(=O)CC1CC2CCC1C2. The number of Topliss-reactive ketones (excluding diaryl/α,β-unsaturated/α-hetero) is 1. The van der Waals surface area contributed by atoms with Crippen molar-refractivity contribution in [1.82, 2.24) is 0 Å². The largest absolute Gasteiger partial charge is 0.321 e. The summed E-state index contributed by atoms with van der Waals surface area (Å²) in [5.41, 5.74) is 5.79. The highest BCUT2D eigenvalue weighted by Crippen LogP contribution is 2.49. The molecule has 0 heterocycles. The van der Waals surface area contributed by atoms with E-state index in [0.717, 1.165) is 11.8 Å². The summed E-state index contributed by atoms with van der Waals surface area (Å²) in [6.45, 7) is 0. The molecule has 104 valence electrons. The van der Waals surface area contributed by atoms with Gasteiger partial charge in [0.2, 0.25) is 0 Å². The van der Waals surface area contributed by atoms with Gasteiger partial charge in [0.15, 0.2) is 0 Å². The lowest BCUT2D eigenvalue weighted by molar-refractivity contribution is -0.121. The number of carbonyl (C=O) groups excluding carboxylic acids is 1. The summed E-state index contributed by atoms with van der Waals surface area (Å²) >= 11 is 0. The second-order valence-corrected chi connectivity index (χ2v) is 8.39. The molecule has 4 unspecified atom stereocenters. The molecule has 0 radical (unpaired) electrons. The average molecular weight is 273 g/mol. The highest BCUT2D eigenvalue weighted by atomic mass is 32.2. The summed E-state index contributed by atoms with van der Waals surface area (Å²) in [5.74, 6) is 2.13. The van der Waals surface area contributed by atoms with Crippen molar-refractivity contribution in [3.05, 3.63) is 0 Å². The maximum absolute atomic E-state index is 12.0. The molecule has 2 aliphatic rings. The van der Waals surface area contributed by atoms with Crippen LogP contribution >= 0.6 is 0 Å². The van der Waals surface area contributed by atoms with Gasteiger partial charge in [0.05, 0.1) is 11.8 Å². The standard InChI is InChI=1S/C13H23NO3S/c1-18(16,17)5-4-12(14)13(15)8-11-7-9-2-3-10(11)6-9/h9-12H,2-8,14H2,1H3. The lowest BCUT2D eigenvalue weighted by atomic mass is 9.84. The molecule has 2 rings (SSSR count). The van der Waals surface area contributed by atoms with Gasteiger partial charge in [-0.1, -0.05) is 6.42 Å². The van der Waals surface area contributed by atoms with Crippen molar-refractivity contribution in [2.45, 2.75) is 44.6 Å². The maximum atomic E-state index is 12.0. The zero-order chi connectivity index (χ0) is 13.3.